The molecular weight excluding hydrogens is 269 g/mol. The van der Waals surface area contributed by atoms with Crippen molar-refractivity contribution in [3.63, 3.8) is 0 Å². The van der Waals surface area contributed by atoms with Gasteiger partial charge in [-0.05, 0) is 24.6 Å². The van der Waals surface area contributed by atoms with E-state index in [4.69, 9.17) is 5.11 Å². The van der Waals surface area contributed by atoms with Gasteiger partial charge in [-0.2, -0.15) is 11.8 Å². The average molecular weight is 285 g/mol. The Labute approximate surface area is 115 Å². The molecule has 0 saturated carbocycles. The Kier molecular flexibility index (Phi) is 6.35. The Balaban J connectivity index is 2.31. The SMILES string of the molecule is CC(NC(=O)CSCCC(=O)O)c1ccc(F)cc1. The first kappa shape index (κ1) is 15.5. The molecule has 0 radical (unpaired) electrons. The second-order valence-corrected chi connectivity index (χ2v) is 5.14. The summed E-state index contributed by atoms with van der Waals surface area (Å²) >= 11 is 1.28. The van der Waals surface area contributed by atoms with Crippen LogP contribution in [-0.4, -0.2) is 28.5 Å². The monoisotopic (exact) mass is 285 g/mol. The number of thioether (sulfide) groups is 1. The molecule has 0 spiro atoms. The van der Waals surface area contributed by atoms with Gasteiger partial charge in [0.1, 0.15) is 5.82 Å². The van der Waals surface area contributed by atoms with E-state index in [1.165, 1.54) is 23.9 Å². The average Bonchev–Trinajstić information content (AvgIpc) is 2.35. The highest BCUT2D eigenvalue weighted by atomic mass is 32.2. The standard InChI is InChI=1S/C13H16FNO3S/c1-9(10-2-4-11(14)5-3-10)15-12(16)8-19-7-6-13(17)18/h2-5,9H,6-8H2,1H3,(H,15,16)(H,17,18). The first-order valence-electron chi connectivity index (χ1n) is 5.83. The first-order valence-corrected chi connectivity index (χ1v) is 6.99. The van der Waals surface area contributed by atoms with Crippen LogP contribution in [0.5, 0.6) is 0 Å². The molecule has 0 bridgehead atoms. The van der Waals surface area contributed by atoms with Gasteiger partial charge in [0.15, 0.2) is 0 Å². The molecule has 1 aromatic rings. The normalized spacial score (nSPS) is 11.9. The summed E-state index contributed by atoms with van der Waals surface area (Å²) in [6.07, 6.45) is 0.0471. The highest BCUT2D eigenvalue weighted by molar-refractivity contribution is 7.99. The number of carboxylic acids is 1. The van der Waals surface area contributed by atoms with E-state index in [0.717, 1.165) is 5.56 Å². The minimum atomic E-state index is -0.868. The van der Waals surface area contributed by atoms with E-state index >= 15 is 0 Å². The van der Waals surface area contributed by atoms with Crippen molar-refractivity contribution < 1.29 is 19.1 Å². The molecule has 1 rings (SSSR count). The Bertz CT molecular complexity index is 436. The molecule has 4 nitrogen and oxygen atoms in total. The minimum Gasteiger partial charge on any atom is -0.481 e. The molecule has 2 N–H and O–H groups in total. The number of hydrogen-bond donors (Lipinski definition) is 2. The van der Waals surface area contributed by atoms with Crippen LogP contribution in [0.2, 0.25) is 0 Å². The Hall–Kier alpha value is -1.56. The number of carbonyl (C=O) groups is 2. The van der Waals surface area contributed by atoms with Crippen molar-refractivity contribution in [3.8, 4) is 0 Å². The number of rotatable bonds is 7. The molecule has 1 amide bonds. The molecule has 0 fully saturated rings. The molecule has 19 heavy (non-hydrogen) atoms. The smallest absolute Gasteiger partial charge is 0.304 e. The molecule has 0 aliphatic rings. The van der Waals surface area contributed by atoms with Crippen molar-refractivity contribution >= 4 is 23.6 Å². The van der Waals surface area contributed by atoms with Gasteiger partial charge < -0.3 is 10.4 Å². The van der Waals surface area contributed by atoms with Crippen LogP contribution in [0.15, 0.2) is 24.3 Å². The summed E-state index contributed by atoms with van der Waals surface area (Å²) in [5.41, 5.74) is 0.824. The van der Waals surface area contributed by atoms with Gasteiger partial charge in [-0.1, -0.05) is 12.1 Å². The zero-order chi connectivity index (χ0) is 14.3. The van der Waals surface area contributed by atoms with Gasteiger partial charge in [-0.25, -0.2) is 4.39 Å². The van der Waals surface area contributed by atoms with Crippen LogP contribution in [0.25, 0.3) is 0 Å². The fourth-order valence-corrected chi connectivity index (χ4v) is 2.17. The fraction of sp³-hybridized carbons (Fsp3) is 0.385. The number of benzene rings is 1. The Morgan fingerprint density at radius 3 is 2.58 bits per heavy atom. The van der Waals surface area contributed by atoms with Crippen LogP contribution in [0.4, 0.5) is 4.39 Å². The lowest BCUT2D eigenvalue weighted by Gasteiger charge is -2.14. The van der Waals surface area contributed by atoms with Crippen LogP contribution in [0.3, 0.4) is 0 Å². The lowest BCUT2D eigenvalue weighted by atomic mass is 10.1. The maximum Gasteiger partial charge on any atom is 0.304 e. The maximum absolute atomic E-state index is 12.7. The molecule has 0 aliphatic carbocycles. The van der Waals surface area contributed by atoms with E-state index in [1.54, 1.807) is 12.1 Å². The summed E-state index contributed by atoms with van der Waals surface area (Å²) in [4.78, 5) is 21.9. The molecule has 1 unspecified atom stereocenters. The lowest BCUT2D eigenvalue weighted by molar-refractivity contribution is -0.136. The second-order valence-electron chi connectivity index (χ2n) is 4.04. The van der Waals surface area contributed by atoms with E-state index in [0.29, 0.717) is 5.75 Å². The Morgan fingerprint density at radius 2 is 2.00 bits per heavy atom. The highest BCUT2D eigenvalue weighted by Gasteiger charge is 2.09. The summed E-state index contributed by atoms with van der Waals surface area (Å²) in [5.74, 6) is -0.710. The molecule has 1 aromatic carbocycles. The lowest BCUT2D eigenvalue weighted by Crippen LogP contribution is -2.28. The largest absolute Gasteiger partial charge is 0.481 e. The van der Waals surface area contributed by atoms with Crippen LogP contribution in [0.1, 0.15) is 24.9 Å². The molecule has 0 aromatic heterocycles. The topological polar surface area (TPSA) is 66.4 Å². The van der Waals surface area contributed by atoms with E-state index < -0.39 is 5.97 Å². The van der Waals surface area contributed by atoms with Crippen molar-refractivity contribution in [2.24, 2.45) is 0 Å². The van der Waals surface area contributed by atoms with Crippen molar-refractivity contribution in [2.45, 2.75) is 19.4 Å². The molecular formula is C13H16FNO3S. The van der Waals surface area contributed by atoms with E-state index in [1.807, 2.05) is 6.92 Å². The molecule has 0 heterocycles. The minimum absolute atomic E-state index is 0.0471. The highest BCUT2D eigenvalue weighted by Crippen LogP contribution is 2.13. The van der Waals surface area contributed by atoms with Crippen molar-refractivity contribution in [3.05, 3.63) is 35.6 Å². The van der Waals surface area contributed by atoms with Gasteiger partial charge in [0.2, 0.25) is 5.91 Å². The van der Waals surface area contributed by atoms with Gasteiger partial charge in [0.05, 0.1) is 18.2 Å². The van der Waals surface area contributed by atoms with Gasteiger partial charge in [0.25, 0.3) is 0 Å². The number of amides is 1. The van der Waals surface area contributed by atoms with Crippen LogP contribution in [-0.2, 0) is 9.59 Å². The van der Waals surface area contributed by atoms with Crippen molar-refractivity contribution in [1.29, 1.82) is 0 Å². The summed E-state index contributed by atoms with van der Waals surface area (Å²) in [7, 11) is 0. The fourth-order valence-electron chi connectivity index (χ4n) is 1.44. The number of nitrogens with one attached hydrogen (secondary N) is 1. The molecule has 6 heteroatoms. The summed E-state index contributed by atoms with van der Waals surface area (Å²) in [6.45, 7) is 1.81. The van der Waals surface area contributed by atoms with Gasteiger partial charge in [-0.3, -0.25) is 9.59 Å². The third kappa shape index (κ3) is 6.24. The number of carbonyl (C=O) groups excluding carboxylic acids is 1. The predicted octanol–water partition coefficient (Wildman–Crippen LogP) is 2.21. The number of aliphatic carboxylic acids is 1. The molecule has 104 valence electrons. The predicted molar refractivity (Wildman–Crippen MR) is 72.5 cm³/mol. The van der Waals surface area contributed by atoms with Crippen LogP contribution < -0.4 is 5.32 Å². The molecule has 0 saturated heterocycles. The second kappa shape index (κ2) is 7.78. The molecule has 1 atom stereocenters. The first-order chi connectivity index (χ1) is 8.99. The third-order valence-electron chi connectivity index (χ3n) is 2.44. The van der Waals surface area contributed by atoms with Gasteiger partial charge in [0, 0.05) is 5.75 Å². The van der Waals surface area contributed by atoms with E-state index in [-0.39, 0.29) is 29.9 Å². The van der Waals surface area contributed by atoms with Crippen molar-refractivity contribution in [2.75, 3.05) is 11.5 Å². The number of carboxylic acid groups (broad SMARTS) is 1. The quantitative estimate of drug-likeness (QED) is 0.754. The molecule has 0 aliphatic heterocycles. The third-order valence-corrected chi connectivity index (χ3v) is 3.40. The number of halogens is 1. The Morgan fingerprint density at radius 1 is 1.37 bits per heavy atom. The van der Waals surface area contributed by atoms with E-state index in [2.05, 4.69) is 5.32 Å². The zero-order valence-electron chi connectivity index (χ0n) is 10.6. The number of hydrogen-bond acceptors (Lipinski definition) is 3. The zero-order valence-corrected chi connectivity index (χ0v) is 11.4. The van der Waals surface area contributed by atoms with Gasteiger partial charge in [-0.15, -0.1) is 0 Å². The van der Waals surface area contributed by atoms with E-state index in [9.17, 15) is 14.0 Å². The van der Waals surface area contributed by atoms with Crippen LogP contribution in [0, 0.1) is 5.82 Å². The summed E-state index contributed by atoms with van der Waals surface area (Å²) in [5, 5.41) is 11.2. The van der Waals surface area contributed by atoms with Crippen LogP contribution >= 0.6 is 11.8 Å². The summed E-state index contributed by atoms with van der Waals surface area (Å²) < 4.78 is 12.7. The van der Waals surface area contributed by atoms with Crippen molar-refractivity contribution in [1.82, 2.24) is 5.32 Å². The summed E-state index contributed by atoms with van der Waals surface area (Å²) in [6, 6.07) is 5.74. The van der Waals surface area contributed by atoms with Gasteiger partial charge >= 0.3 is 5.97 Å². The maximum atomic E-state index is 12.7.